The zero-order chi connectivity index (χ0) is 20.4. The minimum Gasteiger partial charge on any atom is -0.378 e. The van der Waals surface area contributed by atoms with E-state index in [4.69, 9.17) is 32.5 Å². The van der Waals surface area contributed by atoms with Gasteiger partial charge in [-0.1, -0.05) is 40.5 Å². The van der Waals surface area contributed by atoms with Crippen molar-refractivity contribution in [1.29, 1.82) is 0 Å². The van der Waals surface area contributed by atoms with Crippen LogP contribution in [0.1, 0.15) is 10.4 Å². The van der Waals surface area contributed by atoms with E-state index in [9.17, 15) is 9.18 Å². The van der Waals surface area contributed by atoms with Crippen molar-refractivity contribution < 1.29 is 18.4 Å². The lowest BCUT2D eigenvalue weighted by Gasteiger charge is -2.26. The molecule has 1 amide bonds. The van der Waals surface area contributed by atoms with Gasteiger partial charge in [0.1, 0.15) is 17.1 Å². The average molecular weight is 436 g/mol. The Morgan fingerprint density at radius 2 is 1.76 bits per heavy atom. The van der Waals surface area contributed by atoms with Gasteiger partial charge in [-0.15, -0.1) is 0 Å². The second-order valence-electron chi connectivity index (χ2n) is 6.40. The zero-order valence-corrected chi connectivity index (χ0v) is 16.6. The summed E-state index contributed by atoms with van der Waals surface area (Å²) >= 11 is 11.8. The van der Waals surface area contributed by atoms with E-state index in [1.807, 2.05) is 4.90 Å². The molecule has 0 aliphatic carbocycles. The summed E-state index contributed by atoms with van der Waals surface area (Å²) in [4.78, 5) is 15.0. The molecule has 1 aliphatic heterocycles. The number of hydrogen-bond acceptors (Lipinski definition) is 5. The van der Waals surface area contributed by atoms with Gasteiger partial charge in [-0.25, -0.2) is 4.39 Å². The Balaban J connectivity index is 1.74. The molecule has 1 aliphatic rings. The zero-order valence-electron chi connectivity index (χ0n) is 15.1. The van der Waals surface area contributed by atoms with Crippen LogP contribution < -0.4 is 10.2 Å². The Bertz CT molecular complexity index is 1030. The van der Waals surface area contributed by atoms with E-state index in [1.54, 1.807) is 24.3 Å². The van der Waals surface area contributed by atoms with Gasteiger partial charge in [0, 0.05) is 28.7 Å². The van der Waals surface area contributed by atoms with E-state index in [1.165, 1.54) is 12.1 Å². The average Bonchev–Trinajstić information content (AvgIpc) is 3.16. The Kier molecular flexibility index (Phi) is 5.71. The van der Waals surface area contributed by atoms with Crippen LogP contribution in [0.2, 0.25) is 10.0 Å². The first-order chi connectivity index (χ1) is 14.0. The van der Waals surface area contributed by atoms with Crippen LogP contribution in [0.25, 0.3) is 11.3 Å². The van der Waals surface area contributed by atoms with E-state index in [0.29, 0.717) is 48.5 Å². The molecule has 4 rings (SSSR count). The highest BCUT2D eigenvalue weighted by Crippen LogP contribution is 2.33. The maximum atomic E-state index is 14.2. The minimum atomic E-state index is -0.636. The molecule has 1 saturated heterocycles. The second-order valence-corrected chi connectivity index (χ2v) is 7.27. The normalized spacial score (nSPS) is 14.1. The molecule has 0 saturated carbocycles. The maximum Gasteiger partial charge on any atom is 0.263 e. The summed E-state index contributed by atoms with van der Waals surface area (Å²) in [5.74, 6) is -0.868. The monoisotopic (exact) mass is 435 g/mol. The molecule has 9 heteroatoms. The van der Waals surface area contributed by atoms with Crippen LogP contribution in [-0.2, 0) is 4.74 Å². The number of anilines is 2. The van der Waals surface area contributed by atoms with Crippen molar-refractivity contribution >= 4 is 40.7 Å². The number of ether oxygens (including phenoxy) is 1. The number of halogens is 3. The number of rotatable bonds is 4. The fourth-order valence-electron chi connectivity index (χ4n) is 3.05. The molecule has 2 heterocycles. The molecule has 29 heavy (non-hydrogen) atoms. The second kappa shape index (κ2) is 8.41. The lowest BCUT2D eigenvalue weighted by molar-refractivity contribution is 0.102. The van der Waals surface area contributed by atoms with Crippen molar-refractivity contribution in [2.24, 2.45) is 0 Å². The van der Waals surface area contributed by atoms with Gasteiger partial charge >= 0.3 is 0 Å². The van der Waals surface area contributed by atoms with Crippen LogP contribution >= 0.6 is 23.2 Å². The van der Waals surface area contributed by atoms with Gasteiger partial charge in [-0.3, -0.25) is 4.79 Å². The summed E-state index contributed by atoms with van der Waals surface area (Å²) in [6.07, 6.45) is 0. The lowest BCUT2D eigenvalue weighted by atomic mass is 10.1. The summed E-state index contributed by atoms with van der Waals surface area (Å²) in [6.45, 7) is 2.10. The van der Waals surface area contributed by atoms with Gasteiger partial charge in [0.25, 0.3) is 5.91 Å². The molecule has 150 valence electrons. The van der Waals surface area contributed by atoms with Crippen molar-refractivity contribution in [3.63, 3.8) is 0 Å². The largest absolute Gasteiger partial charge is 0.378 e. The van der Waals surface area contributed by atoms with Gasteiger partial charge in [0.05, 0.1) is 18.9 Å². The smallest absolute Gasteiger partial charge is 0.263 e. The number of benzene rings is 2. The van der Waals surface area contributed by atoms with Gasteiger partial charge in [0.2, 0.25) is 5.88 Å². The number of aromatic nitrogens is 1. The van der Waals surface area contributed by atoms with Crippen LogP contribution in [0, 0.1) is 5.82 Å². The predicted octanol–water partition coefficient (Wildman–Crippen LogP) is 4.88. The van der Waals surface area contributed by atoms with Crippen molar-refractivity contribution in [3.8, 4) is 11.3 Å². The van der Waals surface area contributed by atoms with Crippen molar-refractivity contribution in [2.75, 3.05) is 36.5 Å². The third-order valence-electron chi connectivity index (χ3n) is 4.50. The summed E-state index contributed by atoms with van der Waals surface area (Å²) < 4.78 is 25.1. The number of morpholine rings is 1. The van der Waals surface area contributed by atoms with Gasteiger partial charge in [-0.05, 0) is 30.3 Å². The maximum absolute atomic E-state index is 14.2. The quantitative estimate of drug-likeness (QED) is 0.632. The summed E-state index contributed by atoms with van der Waals surface area (Å²) in [5, 5.41) is 7.49. The first-order valence-electron chi connectivity index (χ1n) is 8.87. The number of amides is 1. The van der Waals surface area contributed by atoms with Gasteiger partial charge in [0.15, 0.2) is 0 Å². The van der Waals surface area contributed by atoms with E-state index >= 15 is 0 Å². The summed E-state index contributed by atoms with van der Waals surface area (Å²) in [7, 11) is 0. The molecule has 0 atom stereocenters. The number of carbonyl (C=O) groups excluding carboxylic acids is 1. The highest BCUT2D eigenvalue weighted by atomic mass is 35.5. The van der Waals surface area contributed by atoms with Crippen molar-refractivity contribution in [3.05, 3.63) is 63.9 Å². The molecule has 1 aromatic heterocycles. The third kappa shape index (κ3) is 4.22. The molecular formula is C20H16Cl2FN3O3. The van der Waals surface area contributed by atoms with Crippen LogP contribution in [0.3, 0.4) is 0 Å². The molecule has 0 spiro atoms. The molecule has 0 bridgehead atoms. The Labute approximate surface area is 176 Å². The van der Waals surface area contributed by atoms with Gasteiger partial charge < -0.3 is 19.5 Å². The molecule has 6 nitrogen and oxygen atoms in total. The van der Waals surface area contributed by atoms with Crippen LogP contribution in [0.15, 0.2) is 47.0 Å². The number of hydrogen-bond donors (Lipinski definition) is 1. The van der Waals surface area contributed by atoms with Crippen molar-refractivity contribution in [2.45, 2.75) is 0 Å². The van der Waals surface area contributed by atoms with E-state index < -0.39 is 11.7 Å². The highest BCUT2D eigenvalue weighted by molar-refractivity contribution is 6.31. The molecule has 0 unspecified atom stereocenters. The summed E-state index contributed by atoms with van der Waals surface area (Å²) in [6, 6.07) is 10.9. The molecule has 1 N–H and O–H groups in total. The molecule has 0 radical (unpaired) electrons. The third-order valence-corrected chi connectivity index (χ3v) is 4.98. The Morgan fingerprint density at radius 1 is 1.07 bits per heavy atom. The molecule has 3 aromatic rings. The fourth-order valence-corrected chi connectivity index (χ4v) is 3.33. The first-order valence-corrected chi connectivity index (χ1v) is 9.63. The van der Waals surface area contributed by atoms with Crippen LogP contribution in [-0.4, -0.2) is 37.4 Å². The number of nitrogens with one attached hydrogen (secondary N) is 1. The first kappa shape index (κ1) is 19.7. The molecule has 2 aromatic carbocycles. The summed E-state index contributed by atoms with van der Waals surface area (Å²) in [5.41, 5.74) is 1.22. The lowest BCUT2D eigenvalue weighted by Crippen LogP contribution is -2.37. The fraction of sp³-hybridized carbons (Fsp3) is 0.200. The standard InChI is InChI=1S/C20H16Cl2FN3O3/c21-13-3-1-12(2-4-13)18-17(20(29-25-18)26-7-9-28-10-8-26)19(27)24-16-6-5-14(22)11-15(16)23/h1-6,11H,7-10H2,(H,24,27). The Morgan fingerprint density at radius 3 is 2.45 bits per heavy atom. The predicted molar refractivity (Wildman–Crippen MR) is 109 cm³/mol. The van der Waals surface area contributed by atoms with Crippen LogP contribution in [0.4, 0.5) is 16.0 Å². The minimum absolute atomic E-state index is 0.00980. The van der Waals surface area contributed by atoms with E-state index in [-0.39, 0.29) is 16.3 Å². The Hall–Kier alpha value is -2.61. The topological polar surface area (TPSA) is 67.6 Å². The van der Waals surface area contributed by atoms with E-state index in [2.05, 4.69) is 10.5 Å². The molecule has 1 fully saturated rings. The van der Waals surface area contributed by atoms with Crippen molar-refractivity contribution in [1.82, 2.24) is 5.16 Å². The number of nitrogens with zero attached hydrogens (tertiary/aromatic N) is 2. The highest BCUT2D eigenvalue weighted by Gasteiger charge is 2.29. The van der Waals surface area contributed by atoms with Crippen LogP contribution in [0.5, 0.6) is 0 Å². The van der Waals surface area contributed by atoms with E-state index in [0.717, 1.165) is 6.07 Å². The SMILES string of the molecule is O=C(Nc1ccc(Cl)cc1F)c1c(-c2ccc(Cl)cc2)noc1N1CCOCC1. The van der Waals surface area contributed by atoms with Gasteiger partial charge in [-0.2, -0.15) is 0 Å². The molecular weight excluding hydrogens is 420 g/mol. The number of carbonyl (C=O) groups is 1.